The minimum Gasteiger partial charge on any atom is -0.448 e. The summed E-state index contributed by atoms with van der Waals surface area (Å²) in [5.74, 6) is 5.64. The van der Waals surface area contributed by atoms with Crippen molar-refractivity contribution >= 4 is 23.0 Å². The number of anilines is 1. The first-order valence-electron chi connectivity index (χ1n) is 5.30. The Morgan fingerprint density at radius 2 is 1.84 bits per heavy atom. The molecule has 0 saturated heterocycles. The summed E-state index contributed by atoms with van der Waals surface area (Å²) in [6.07, 6.45) is 0. The van der Waals surface area contributed by atoms with Gasteiger partial charge in [0.05, 0.1) is 9.95 Å². The topological polar surface area (TPSA) is 90.4 Å². The molecular formula is C12H10ClN3O3. The predicted octanol–water partition coefficient (Wildman–Crippen LogP) is 3.33. The van der Waals surface area contributed by atoms with Crippen molar-refractivity contribution in [2.24, 2.45) is 5.84 Å². The van der Waals surface area contributed by atoms with Gasteiger partial charge in [-0.3, -0.25) is 16.0 Å². The normalized spacial score (nSPS) is 10.0. The molecule has 0 spiro atoms. The van der Waals surface area contributed by atoms with Crippen LogP contribution < -0.4 is 16.0 Å². The van der Waals surface area contributed by atoms with Gasteiger partial charge in [-0.1, -0.05) is 29.8 Å². The molecule has 6 nitrogen and oxygen atoms in total. The first-order chi connectivity index (χ1) is 9.13. The van der Waals surface area contributed by atoms with Gasteiger partial charge in [-0.15, -0.1) is 0 Å². The first-order valence-corrected chi connectivity index (χ1v) is 5.67. The van der Waals surface area contributed by atoms with E-state index in [1.165, 1.54) is 12.1 Å². The molecule has 98 valence electrons. The molecule has 0 fully saturated rings. The average Bonchev–Trinajstić information content (AvgIpc) is 2.40. The van der Waals surface area contributed by atoms with E-state index >= 15 is 0 Å². The molecular weight excluding hydrogens is 270 g/mol. The Balaban J connectivity index is 2.46. The summed E-state index contributed by atoms with van der Waals surface area (Å²) in [6.45, 7) is 0. The molecule has 2 aromatic carbocycles. The fraction of sp³-hybridized carbons (Fsp3) is 0. The lowest BCUT2D eigenvalue weighted by Crippen LogP contribution is -2.09. The van der Waals surface area contributed by atoms with Crippen molar-refractivity contribution in [3.8, 4) is 11.5 Å². The van der Waals surface area contributed by atoms with Crippen molar-refractivity contribution in [2.45, 2.75) is 0 Å². The van der Waals surface area contributed by atoms with Crippen LogP contribution >= 0.6 is 11.6 Å². The summed E-state index contributed by atoms with van der Waals surface area (Å²) in [4.78, 5) is 10.5. The van der Waals surface area contributed by atoms with E-state index < -0.39 is 4.92 Å². The van der Waals surface area contributed by atoms with Crippen LogP contribution in [0, 0.1) is 10.1 Å². The first kappa shape index (κ1) is 13.1. The fourth-order valence-electron chi connectivity index (χ4n) is 1.56. The molecule has 2 aromatic rings. The Bertz CT molecular complexity index is 619. The molecule has 3 N–H and O–H groups in total. The van der Waals surface area contributed by atoms with Crippen LogP contribution in [-0.4, -0.2) is 4.92 Å². The summed E-state index contributed by atoms with van der Waals surface area (Å²) in [5, 5.41) is 11.4. The fourth-order valence-corrected chi connectivity index (χ4v) is 1.73. The van der Waals surface area contributed by atoms with Crippen molar-refractivity contribution in [3.63, 3.8) is 0 Å². The highest BCUT2D eigenvalue weighted by Gasteiger charge is 2.21. The van der Waals surface area contributed by atoms with E-state index in [1.807, 2.05) is 0 Å². The number of nitrogens with zero attached hydrogens (tertiary/aromatic N) is 1. The van der Waals surface area contributed by atoms with Crippen molar-refractivity contribution in [1.82, 2.24) is 0 Å². The monoisotopic (exact) mass is 279 g/mol. The summed E-state index contributed by atoms with van der Waals surface area (Å²) in [6, 6.07) is 11.3. The number of hydrogen-bond donors (Lipinski definition) is 2. The van der Waals surface area contributed by atoms with E-state index in [4.69, 9.17) is 22.2 Å². The Labute approximate surface area is 113 Å². The van der Waals surface area contributed by atoms with E-state index in [9.17, 15) is 10.1 Å². The molecule has 0 aromatic heterocycles. The highest BCUT2D eigenvalue weighted by molar-refractivity contribution is 6.32. The van der Waals surface area contributed by atoms with Gasteiger partial charge >= 0.3 is 5.69 Å². The van der Waals surface area contributed by atoms with Crippen LogP contribution in [0.5, 0.6) is 11.5 Å². The Hall–Kier alpha value is -2.31. The number of hydrogen-bond acceptors (Lipinski definition) is 5. The maximum Gasteiger partial charge on any atom is 0.335 e. The van der Waals surface area contributed by atoms with Gasteiger partial charge in [0.15, 0.2) is 0 Å². The van der Waals surface area contributed by atoms with Gasteiger partial charge < -0.3 is 10.2 Å². The summed E-state index contributed by atoms with van der Waals surface area (Å²) >= 11 is 5.94. The van der Waals surface area contributed by atoms with E-state index in [0.717, 1.165) is 0 Å². The third kappa shape index (κ3) is 2.75. The number of nitro groups is 1. The van der Waals surface area contributed by atoms with E-state index in [-0.39, 0.29) is 17.1 Å². The number of nitrogens with one attached hydrogen (secondary N) is 1. The van der Waals surface area contributed by atoms with Crippen molar-refractivity contribution in [3.05, 3.63) is 57.6 Å². The summed E-state index contributed by atoms with van der Waals surface area (Å²) < 4.78 is 5.47. The molecule has 19 heavy (non-hydrogen) atoms. The Morgan fingerprint density at radius 3 is 2.47 bits per heavy atom. The number of hydrazine groups is 1. The van der Waals surface area contributed by atoms with Crippen molar-refractivity contribution < 1.29 is 9.66 Å². The van der Waals surface area contributed by atoms with Gasteiger partial charge in [0.2, 0.25) is 5.75 Å². The third-order valence-corrected chi connectivity index (χ3v) is 2.71. The minimum atomic E-state index is -0.568. The molecule has 0 bridgehead atoms. The van der Waals surface area contributed by atoms with Crippen LogP contribution in [0.3, 0.4) is 0 Å². The molecule has 0 radical (unpaired) electrons. The van der Waals surface area contributed by atoms with Crippen LogP contribution in [0.15, 0.2) is 42.5 Å². The molecule has 0 aliphatic heterocycles. The summed E-state index contributed by atoms with van der Waals surface area (Å²) in [7, 11) is 0. The van der Waals surface area contributed by atoms with E-state index in [0.29, 0.717) is 10.8 Å². The zero-order chi connectivity index (χ0) is 13.8. The molecule has 7 heteroatoms. The quantitative estimate of drug-likeness (QED) is 0.509. The third-order valence-electron chi connectivity index (χ3n) is 2.39. The molecule has 2 rings (SSSR count). The van der Waals surface area contributed by atoms with Crippen LogP contribution in [-0.2, 0) is 0 Å². The number of rotatable bonds is 4. The van der Waals surface area contributed by atoms with Gasteiger partial charge in [-0.05, 0) is 24.3 Å². The second-order valence-electron chi connectivity index (χ2n) is 3.59. The average molecular weight is 280 g/mol. The van der Waals surface area contributed by atoms with Crippen LogP contribution in [0.1, 0.15) is 0 Å². The molecule has 0 saturated carbocycles. The van der Waals surface area contributed by atoms with Crippen LogP contribution in [0.4, 0.5) is 11.4 Å². The second kappa shape index (κ2) is 5.55. The number of nitro benzene ring substituents is 1. The molecule has 0 unspecified atom stereocenters. The zero-order valence-corrected chi connectivity index (χ0v) is 10.4. The summed E-state index contributed by atoms with van der Waals surface area (Å²) in [5.41, 5.74) is 2.18. The van der Waals surface area contributed by atoms with Crippen molar-refractivity contribution in [1.29, 1.82) is 0 Å². The largest absolute Gasteiger partial charge is 0.448 e. The molecule has 0 aliphatic rings. The predicted molar refractivity (Wildman–Crippen MR) is 72.4 cm³/mol. The lowest BCUT2D eigenvalue weighted by Gasteiger charge is -2.09. The number of benzene rings is 2. The van der Waals surface area contributed by atoms with Gasteiger partial charge in [0.1, 0.15) is 11.4 Å². The van der Waals surface area contributed by atoms with Gasteiger partial charge in [-0.25, -0.2) is 0 Å². The molecule has 0 heterocycles. The highest BCUT2D eigenvalue weighted by atomic mass is 35.5. The van der Waals surface area contributed by atoms with Gasteiger partial charge in [-0.2, -0.15) is 0 Å². The van der Waals surface area contributed by atoms with E-state index in [2.05, 4.69) is 5.43 Å². The van der Waals surface area contributed by atoms with Crippen LogP contribution in [0.25, 0.3) is 0 Å². The van der Waals surface area contributed by atoms with Crippen molar-refractivity contribution in [2.75, 3.05) is 5.43 Å². The Kier molecular flexibility index (Phi) is 3.84. The molecule has 0 aliphatic carbocycles. The van der Waals surface area contributed by atoms with Crippen LogP contribution in [0.2, 0.25) is 5.02 Å². The smallest absolute Gasteiger partial charge is 0.335 e. The minimum absolute atomic E-state index is 0.0635. The maximum absolute atomic E-state index is 11.1. The standard InChI is InChI=1S/C12H10ClN3O3/c13-8-4-1-2-6-10(8)19-11-7-3-5-9(15-14)12(11)16(17)18/h1-7,15H,14H2. The number of para-hydroxylation sites is 2. The number of nitrogen functional groups attached to an aromatic ring is 1. The van der Waals surface area contributed by atoms with E-state index in [1.54, 1.807) is 30.3 Å². The molecule has 0 amide bonds. The lowest BCUT2D eigenvalue weighted by atomic mass is 10.2. The second-order valence-corrected chi connectivity index (χ2v) is 3.99. The van der Waals surface area contributed by atoms with Gasteiger partial charge in [0, 0.05) is 0 Å². The maximum atomic E-state index is 11.1. The van der Waals surface area contributed by atoms with Gasteiger partial charge in [0.25, 0.3) is 0 Å². The molecule has 0 atom stereocenters. The zero-order valence-electron chi connectivity index (χ0n) is 9.67. The lowest BCUT2D eigenvalue weighted by molar-refractivity contribution is -0.384. The highest BCUT2D eigenvalue weighted by Crippen LogP contribution is 2.38. The number of halogens is 1. The Morgan fingerprint density at radius 1 is 1.16 bits per heavy atom. The number of ether oxygens (including phenoxy) is 1. The number of nitrogens with two attached hydrogens (primary N) is 1. The SMILES string of the molecule is NNc1cccc(Oc2ccccc2Cl)c1[N+](=O)[O-].